The summed E-state index contributed by atoms with van der Waals surface area (Å²) in [4.78, 5) is 35.2. The third-order valence-corrected chi connectivity index (χ3v) is 2.93. The number of hydrogen-bond donors (Lipinski definition) is 0. The predicted molar refractivity (Wildman–Crippen MR) is 77.9 cm³/mol. The molecule has 0 atom stereocenters. The first-order valence-electron chi connectivity index (χ1n) is 6.64. The number of nitro groups is 1. The first kappa shape index (κ1) is 17.4. The summed E-state index contributed by atoms with van der Waals surface area (Å²) >= 11 is 0. The van der Waals surface area contributed by atoms with Gasteiger partial charge in [0.15, 0.2) is 0 Å². The van der Waals surface area contributed by atoms with E-state index in [0.717, 1.165) is 0 Å². The number of carbonyl (C=O) groups is 2. The molecule has 1 rings (SSSR count). The molecule has 0 bridgehead atoms. The molecule has 0 aliphatic carbocycles. The molecule has 1 aromatic carbocycles. The number of ether oxygens (including phenoxy) is 2. The Bertz CT molecular complexity index is 572. The molecule has 0 radical (unpaired) electrons. The lowest BCUT2D eigenvalue weighted by Gasteiger charge is -2.17. The van der Waals surface area contributed by atoms with Crippen molar-refractivity contribution in [2.75, 3.05) is 27.3 Å². The van der Waals surface area contributed by atoms with E-state index in [-0.39, 0.29) is 30.8 Å². The summed E-state index contributed by atoms with van der Waals surface area (Å²) < 4.78 is 9.75. The number of nitro benzene ring substituents is 1. The molecule has 120 valence electrons. The van der Waals surface area contributed by atoms with Gasteiger partial charge in [0.05, 0.1) is 25.1 Å². The van der Waals surface area contributed by atoms with Crippen LogP contribution >= 0.6 is 0 Å². The number of esters is 1. The Balaban J connectivity index is 2.91. The third kappa shape index (κ3) is 4.44. The minimum Gasteiger partial charge on any atom is -0.497 e. The van der Waals surface area contributed by atoms with E-state index in [1.165, 1.54) is 37.3 Å². The standard InChI is InChI=1S/C14H18N2O6/c1-4-22-13(17)7-8-15(2)14(18)11-9-10(21-3)5-6-12(11)16(19)20/h5-6,9H,4,7-8H2,1-3H3. The Hall–Kier alpha value is -2.64. The molecule has 1 amide bonds. The molecule has 0 fully saturated rings. The lowest BCUT2D eigenvalue weighted by Crippen LogP contribution is -2.30. The molecule has 0 heterocycles. The van der Waals surface area contributed by atoms with Crippen LogP contribution in [-0.2, 0) is 9.53 Å². The minimum atomic E-state index is -0.633. The van der Waals surface area contributed by atoms with E-state index in [4.69, 9.17) is 9.47 Å². The van der Waals surface area contributed by atoms with Crippen molar-refractivity contribution in [3.05, 3.63) is 33.9 Å². The lowest BCUT2D eigenvalue weighted by atomic mass is 10.1. The summed E-state index contributed by atoms with van der Waals surface area (Å²) in [5, 5.41) is 11.0. The van der Waals surface area contributed by atoms with Gasteiger partial charge in [0.1, 0.15) is 11.3 Å². The van der Waals surface area contributed by atoms with Gasteiger partial charge in [-0.15, -0.1) is 0 Å². The topological polar surface area (TPSA) is 99.0 Å². The largest absolute Gasteiger partial charge is 0.497 e. The number of nitrogens with zero attached hydrogens (tertiary/aromatic N) is 2. The number of rotatable bonds is 7. The molecule has 0 unspecified atom stereocenters. The van der Waals surface area contributed by atoms with Crippen LogP contribution in [0.15, 0.2) is 18.2 Å². The van der Waals surface area contributed by atoms with Crippen molar-refractivity contribution in [2.45, 2.75) is 13.3 Å². The highest BCUT2D eigenvalue weighted by Crippen LogP contribution is 2.25. The maximum Gasteiger partial charge on any atom is 0.307 e. The predicted octanol–water partition coefficient (Wildman–Crippen LogP) is 1.63. The number of benzene rings is 1. The summed E-state index contributed by atoms with van der Waals surface area (Å²) in [5.74, 6) is -0.648. The van der Waals surface area contributed by atoms with E-state index in [1.807, 2.05) is 0 Å². The Morgan fingerprint density at radius 1 is 1.36 bits per heavy atom. The number of amides is 1. The average Bonchev–Trinajstić information content (AvgIpc) is 2.51. The van der Waals surface area contributed by atoms with Gasteiger partial charge in [0, 0.05) is 19.7 Å². The van der Waals surface area contributed by atoms with Crippen LogP contribution in [-0.4, -0.2) is 49.0 Å². The van der Waals surface area contributed by atoms with Gasteiger partial charge >= 0.3 is 5.97 Å². The molecule has 1 aromatic rings. The molecule has 8 nitrogen and oxygen atoms in total. The zero-order valence-corrected chi connectivity index (χ0v) is 12.7. The van der Waals surface area contributed by atoms with E-state index in [1.54, 1.807) is 6.92 Å². The van der Waals surface area contributed by atoms with Crippen LogP contribution in [0.4, 0.5) is 5.69 Å². The van der Waals surface area contributed by atoms with E-state index >= 15 is 0 Å². The molecule has 0 aromatic heterocycles. The number of carbonyl (C=O) groups excluding carboxylic acids is 2. The zero-order valence-electron chi connectivity index (χ0n) is 12.7. The van der Waals surface area contributed by atoms with Crippen molar-refractivity contribution in [3.63, 3.8) is 0 Å². The number of hydrogen-bond acceptors (Lipinski definition) is 6. The van der Waals surface area contributed by atoms with E-state index in [9.17, 15) is 19.7 Å². The highest BCUT2D eigenvalue weighted by Gasteiger charge is 2.24. The van der Waals surface area contributed by atoms with Crippen LogP contribution in [0.5, 0.6) is 5.75 Å². The highest BCUT2D eigenvalue weighted by molar-refractivity contribution is 5.98. The van der Waals surface area contributed by atoms with Crippen LogP contribution in [0, 0.1) is 10.1 Å². The molecule has 0 N–H and O–H groups in total. The van der Waals surface area contributed by atoms with Crippen molar-refractivity contribution in [1.29, 1.82) is 0 Å². The zero-order chi connectivity index (χ0) is 16.7. The van der Waals surface area contributed by atoms with Gasteiger partial charge in [-0.25, -0.2) is 0 Å². The second kappa shape index (κ2) is 7.96. The van der Waals surface area contributed by atoms with Crippen molar-refractivity contribution in [1.82, 2.24) is 4.90 Å². The summed E-state index contributed by atoms with van der Waals surface area (Å²) in [7, 11) is 2.87. The smallest absolute Gasteiger partial charge is 0.307 e. The SMILES string of the molecule is CCOC(=O)CCN(C)C(=O)c1cc(OC)ccc1[N+](=O)[O-]. The van der Waals surface area contributed by atoms with Crippen molar-refractivity contribution in [2.24, 2.45) is 0 Å². The second-order valence-corrected chi connectivity index (χ2v) is 4.42. The van der Waals surface area contributed by atoms with Gasteiger partial charge in [-0.2, -0.15) is 0 Å². The minimum absolute atomic E-state index is 0.0217. The molecule has 0 aliphatic rings. The van der Waals surface area contributed by atoms with Crippen LogP contribution in [0.25, 0.3) is 0 Å². The summed E-state index contributed by atoms with van der Waals surface area (Å²) in [6.45, 7) is 2.05. The normalized spacial score (nSPS) is 9.95. The monoisotopic (exact) mass is 310 g/mol. The third-order valence-electron chi connectivity index (χ3n) is 2.93. The van der Waals surface area contributed by atoms with Gasteiger partial charge < -0.3 is 14.4 Å². The Kier molecular flexibility index (Phi) is 6.30. The summed E-state index contributed by atoms with van der Waals surface area (Å²) in [6, 6.07) is 3.93. The van der Waals surface area contributed by atoms with Crippen molar-refractivity contribution in [3.8, 4) is 5.75 Å². The fourth-order valence-electron chi connectivity index (χ4n) is 1.77. The Morgan fingerprint density at radius 2 is 2.05 bits per heavy atom. The van der Waals surface area contributed by atoms with E-state index in [0.29, 0.717) is 5.75 Å². The molecular weight excluding hydrogens is 292 g/mol. The van der Waals surface area contributed by atoms with Crippen molar-refractivity contribution < 1.29 is 24.0 Å². The maximum atomic E-state index is 12.3. The van der Waals surface area contributed by atoms with E-state index in [2.05, 4.69) is 0 Å². The Morgan fingerprint density at radius 3 is 2.59 bits per heavy atom. The molecule has 22 heavy (non-hydrogen) atoms. The molecular formula is C14H18N2O6. The first-order chi connectivity index (χ1) is 10.4. The van der Waals surface area contributed by atoms with Gasteiger partial charge in [0.25, 0.3) is 11.6 Å². The lowest BCUT2D eigenvalue weighted by molar-refractivity contribution is -0.385. The molecule has 0 spiro atoms. The fraction of sp³-hybridized carbons (Fsp3) is 0.429. The van der Waals surface area contributed by atoms with Crippen LogP contribution < -0.4 is 4.74 Å². The molecule has 0 saturated heterocycles. The number of methoxy groups -OCH3 is 1. The van der Waals surface area contributed by atoms with Crippen molar-refractivity contribution >= 4 is 17.6 Å². The van der Waals surface area contributed by atoms with Crippen LogP contribution in [0.1, 0.15) is 23.7 Å². The molecule has 0 saturated carbocycles. The van der Waals surface area contributed by atoms with Gasteiger partial charge in [-0.3, -0.25) is 19.7 Å². The molecule has 0 aliphatic heterocycles. The highest BCUT2D eigenvalue weighted by atomic mass is 16.6. The van der Waals surface area contributed by atoms with Gasteiger partial charge in [0.2, 0.25) is 0 Å². The van der Waals surface area contributed by atoms with E-state index < -0.39 is 16.8 Å². The summed E-state index contributed by atoms with van der Waals surface area (Å²) in [5.41, 5.74) is -0.399. The quantitative estimate of drug-likeness (QED) is 0.431. The van der Waals surface area contributed by atoms with Crippen LogP contribution in [0.2, 0.25) is 0 Å². The maximum absolute atomic E-state index is 12.3. The first-order valence-corrected chi connectivity index (χ1v) is 6.64. The van der Waals surface area contributed by atoms with Crippen LogP contribution in [0.3, 0.4) is 0 Å². The summed E-state index contributed by atoms with van der Waals surface area (Å²) in [6.07, 6.45) is 0.0217. The van der Waals surface area contributed by atoms with Gasteiger partial charge in [-0.05, 0) is 19.1 Å². The second-order valence-electron chi connectivity index (χ2n) is 4.42. The molecule has 8 heteroatoms. The fourth-order valence-corrected chi connectivity index (χ4v) is 1.77. The van der Waals surface area contributed by atoms with Gasteiger partial charge in [-0.1, -0.05) is 0 Å². The average molecular weight is 310 g/mol. The Labute approximate surface area is 127 Å².